The Morgan fingerprint density at radius 3 is 2.56 bits per heavy atom. The fourth-order valence-corrected chi connectivity index (χ4v) is 5.61. The van der Waals surface area contributed by atoms with Crippen LogP contribution in [0.15, 0.2) is 77.7 Å². The number of rotatable bonds is 7. The van der Waals surface area contributed by atoms with Crippen LogP contribution in [-0.4, -0.2) is 32.9 Å². The van der Waals surface area contributed by atoms with Crippen molar-refractivity contribution in [2.45, 2.75) is 30.8 Å². The zero-order valence-corrected chi connectivity index (χ0v) is 19.2. The predicted molar refractivity (Wildman–Crippen MR) is 124 cm³/mol. The van der Waals surface area contributed by atoms with E-state index in [4.69, 9.17) is 4.74 Å². The van der Waals surface area contributed by atoms with E-state index in [9.17, 15) is 22.4 Å². The molecular formula is C25H23FN2O5S. The maximum atomic E-state index is 13.4. The molecule has 34 heavy (non-hydrogen) atoms. The van der Waals surface area contributed by atoms with Gasteiger partial charge in [0.15, 0.2) is 6.61 Å². The molecule has 1 unspecified atom stereocenters. The minimum Gasteiger partial charge on any atom is -0.452 e. The maximum Gasteiger partial charge on any atom is 0.338 e. The van der Waals surface area contributed by atoms with Crippen LogP contribution in [0.3, 0.4) is 0 Å². The fourth-order valence-electron chi connectivity index (χ4n) is 3.87. The van der Waals surface area contributed by atoms with Gasteiger partial charge in [0, 0.05) is 12.6 Å². The molecule has 3 aromatic carbocycles. The van der Waals surface area contributed by atoms with E-state index in [2.05, 4.69) is 5.32 Å². The Kier molecular flexibility index (Phi) is 6.65. The molecule has 1 amide bonds. The zero-order valence-electron chi connectivity index (χ0n) is 18.4. The number of sulfonamides is 1. The standard InChI is InChI=1S/C25H23FN2O5S/c1-17-13-19-5-2-3-8-23(19)28(17)34(31,32)22-7-4-6-20(14-22)25(30)33-16-24(29)27-15-18-9-11-21(26)12-10-18/h2-12,14,17H,13,15-16H2,1H3,(H,27,29). The highest BCUT2D eigenvalue weighted by Gasteiger charge is 2.36. The van der Waals surface area contributed by atoms with Crippen LogP contribution >= 0.6 is 0 Å². The lowest BCUT2D eigenvalue weighted by molar-refractivity contribution is -0.124. The monoisotopic (exact) mass is 482 g/mol. The van der Waals surface area contributed by atoms with Gasteiger partial charge in [0.05, 0.1) is 16.1 Å². The van der Waals surface area contributed by atoms with Gasteiger partial charge in [-0.05, 0) is 60.9 Å². The van der Waals surface area contributed by atoms with Gasteiger partial charge in [-0.2, -0.15) is 0 Å². The van der Waals surface area contributed by atoms with E-state index in [1.807, 2.05) is 19.1 Å². The van der Waals surface area contributed by atoms with Crippen molar-refractivity contribution < 1.29 is 27.1 Å². The summed E-state index contributed by atoms with van der Waals surface area (Å²) in [5, 5.41) is 2.57. The quantitative estimate of drug-likeness (QED) is 0.521. The van der Waals surface area contributed by atoms with Crippen molar-refractivity contribution in [1.82, 2.24) is 5.32 Å². The molecule has 0 fully saturated rings. The van der Waals surface area contributed by atoms with Gasteiger partial charge in [-0.25, -0.2) is 17.6 Å². The van der Waals surface area contributed by atoms with Gasteiger partial charge in [-0.3, -0.25) is 9.10 Å². The van der Waals surface area contributed by atoms with Gasteiger partial charge >= 0.3 is 5.97 Å². The third-order valence-electron chi connectivity index (χ3n) is 5.51. The van der Waals surface area contributed by atoms with E-state index in [-0.39, 0.29) is 28.9 Å². The summed E-state index contributed by atoms with van der Waals surface area (Å²) in [6.45, 7) is 1.45. The second-order valence-corrected chi connectivity index (χ2v) is 9.80. The molecule has 1 N–H and O–H groups in total. The number of anilines is 1. The minimum absolute atomic E-state index is 0.0209. The number of esters is 1. The first-order valence-electron chi connectivity index (χ1n) is 10.7. The fraction of sp³-hybridized carbons (Fsp3) is 0.200. The van der Waals surface area contributed by atoms with Crippen LogP contribution in [0.5, 0.6) is 0 Å². The molecule has 1 atom stereocenters. The third kappa shape index (κ3) is 4.94. The first-order valence-corrected chi connectivity index (χ1v) is 12.1. The van der Waals surface area contributed by atoms with Crippen molar-refractivity contribution in [2.24, 2.45) is 0 Å². The second kappa shape index (κ2) is 9.64. The van der Waals surface area contributed by atoms with Crippen molar-refractivity contribution in [2.75, 3.05) is 10.9 Å². The molecule has 0 bridgehead atoms. The second-order valence-electron chi connectivity index (χ2n) is 7.99. The van der Waals surface area contributed by atoms with E-state index in [1.165, 1.54) is 52.8 Å². The number of hydrogen-bond acceptors (Lipinski definition) is 5. The Balaban J connectivity index is 1.41. The number of amides is 1. The summed E-state index contributed by atoms with van der Waals surface area (Å²) in [6.07, 6.45) is 0.601. The van der Waals surface area contributed by atoms with Crippen molar-refractivity contribution in [3.05, 3.63) is 95.3 Å². The van der Waals surface area contributed by atoms with Crippen LogP contribution in [0.2, 0.25) is 0 Å². The molecule has 1 aliphatic rings. The molecule has 0 aromatic heterocycles. The van der Waals surface area contributed by atoms with Crippen LogP contribution in [0.4, 0.5) is 10.1 Å². The largest absolute Gasteiger partial charge is 0.452 e. The maximum absolute atomic E-state index is 13.4. The van der Waals surface area contributed by atoms with Crippen LogP contribution < -0.4 is 9.62 Å². The molecule has 0 radical (unpaired) electrons. The third-order valence-corrected chi connectivity index (χ3v) is 7.43. The SMILES string of the molecule is CC1Cc2ccccc2N1S(=O)(=O)c1cccc(C(=O)OCC(=O)NCc2ccc(F)cc2)c1. The van der Waals surface area contributed by atoms with Gasteiger partial charge < -0.3 is 10.1 Å². The first kappa shape index (κ1) is 23.4. The van der Waals surface area contributed by atoms with Gasteiger partial charge in [0.1, 0.15) is 5.82 Å². The van der Waals surface area contributed by atoms with Gasteiger partial charge in [-0.1, -0.05) is 36.4 Å². The minimum atomic E-state index is -3.91. The van der Waals surface area contributed by atoms with Crippen molar-refractivity contribution in [3.63, 3.8) is 0 Å². The number of para-hydroxylation sites is 1. The molecule has 1 aliphatic heterocycles. The molecule has 4 rings (SSSR count). The number of carbonyl (C=O) groups excluding carboxylic acids is 2. The van der Waals surface area contributed by atoms with Gasteiger partial charge in [0.2, 0.25) is 0 Å². The van der Waals surface area contributed by atoms with E-state index < -0.39 is 28.5 Å². The zero-order chi connectivity index (χ0) is 24.3. The number of halogens is 1. The van der Waals surface area contributed by atoms with Gasteiger partial charge in [0.25, 0.3) is 15.9 Å². The van der Waals surface area contributed by atoms with Crippen molar-refractivity contribution >= 4 is 27.6 Å². The summed E-state index contributed by atoms with van der Waals surface area (Å²) >= 11 is 0. The van der Waals surface area contributed by atoms with Crippen LogP contribution in [0.25, 0.3) is 0 Å². The molecule has 176 valence electrons. The number of fused-ring (bicyclic) bond motifs is 1. The van der Waals surface area contributed by atoms with E-state index in [0.717, 1.165) is 5.56 Å². The smallest absolute Gasteiger partial charge is 0.338 e. The van der Waals surface area contributed by atoms with Crippen LogP contribution in [-0.2, 0) is 32.5 Å². The Bertz CT molecular complexity index is 1330. The Hall–Kier alpha value is -3.72. The lowest BCUT2D eigenvalue weighted by Crippen LogP contribution is -2.35. The number of nitrogens with zero attached hydrogens (tertiary/aromatic N) is 1. The van der Waals surface area contributed by atoms with Crippen molar-refractivity contribution in [3.8, 4) is 0 Å². The molecule has 7 nitrogen and oxygen atoms in total. The molecule has 0 saturated heterocycles. The van der Waals surface area contributed by atoms with E-state index in [0.29, 0.717) is 17.7 Å². The Morgan fingerprint density at radius 1 is 1.06 bits per heavy atom. The normalized spacial score (nSPS) is 15.0. The average molecular weight is 483 g/mol. The number of nitrogens with one attached hydrogen (secondary N) is 1. The lowest BCUT2D eigenvalue weighted by Gasteiger charge is -2.24. The van der Waals surface area contributed by atoms with Crippen molar-refractivity contribution in [1.29, 1.82) is 0 Å². The number of benzene rings is 3. The summed E-state index contributed by atoms with van der Waals surface area (Å²) in [5.41, 5.74) is 2.28. The summed E-state index contributed by atoms with van der Waals surface area (Å²) in [5.74, 6) is -1.73. The highest BCUT2D eigenvalue weighted by atomic mass is 32.2. The summed E-state index contributed by atoms with van der Waals surface area (Å²) in [7, 11) is -3.91. The highest BCUT2D eigenvalue weighted by molar-refractivity contribution is 7.92. The number of ether oxygens (including phenoxy) is 1. The highest BCUT2D eigenvalue weighted by Crippen LogP contribution is 2.36. The number of carbonyl (C=O) groups is 2. The first-order chi connectivity index (χ1) is 16.3. The number of hydrogen-bond donors (Lipinski definition) is 1. The lowest BCUT2D eigenvalue weighted by atomic mass is 10.1. The van der Waals surface area contributed by atoms with Crippen LogP contribution in [0, 0.1) is 5.82 Å². The van der Waals surface area contributed by atoms with Gasteiger partial charge in [-0.15, -0.1) is 0 Å². The Labute approximate surface area is 197 Å². The molecule has 1 heterocycles. The molecule has 3 aromatic rings. The van der Waals surface area contributed by atoms with E-state index in [1.54, 1.807) is 12.1 Å². The molecule has 0 saturated carbocycles. The molecule has 0 aliphatic carbocycles. The molecular weight excluding hydrogens is 459 g/mol. The summed E-state index contributed by atoms with van der Waals surface area (Å²) < 4.78 is 46.1. The van der Waals surface area contributed by atoms with Crippen LogP contribution in [0.1, 0.15) is 28.4 Å². The summed E-state index contributed by atoms with van der Waals surface area (Å²) in [4.78, 5) is 24.4. The topological polar surface area (TPSA) is 92.8 Å². The average Bonchev–Trinajstić information content (AvgIpc) is 3.18. The Morgan fingerprint density at radius 2 is 1.79 bits per heavy atom. The molecule has 9 heteroatoms. The predicted octanol–water partition coefficient (Wildman–Crippen LogP) is 3.44. The van der Waals surface area contributed by atoms with E-state index >= 15 is 0 Å². The molecule has 0 spiro atoms. The summed E-state index contributed by atoms with van der Waals surface area (Å²) in [6, 6.07) is 18.3.